The van der Waals surface area contributed by atoms with Crippen molar-refractivity contribution in [2.24, 2.45) is 0 Å². The van der Waals surface area contributed by atoms with Crippen molar-refractivity contribution < 1.29 is 29.0 Å². The van der Waals surface area contributed by atoms with Crippen LogP contribution in [0.5, 0.6) is 0 Å². The lowest BCUT2D eigenvalue weighted by Crippen LogP contribution is -2.32. The summed E-state index contributed by atoms with van der Waals surface area (Å²) in [6.45, 7) is 6.59. The largest absolute Gasteiger partial charge is 0.481 e. The summed E-state index contributed by atoms with van der Waals surface area (Å²) in [5, 5.41) is 11.6. The molecule has 0 radical (unpaired) electrons. The number of hydrogen-bond acceptors (Lipinski definition) is 6. The lowest BCUT2D eigenvalue weighted by atomic mass is 10.1. The van der Waals surface area contributed by atoms with E-state index in [1.807, 2.05) is 0 Å². The minimum Gasteiger partial charge on any atom is -0.481 e. The molecule has 0 heterocycles. The van der Waals surface area contributed by atoms with Gasteiger partial charge in [-0.05, 0) is 58.2 Å². The number of unbranched alkanes of at least 4 members (excludes halogenated alkanes) is 14. The molecule has 0 unspecified atom stereocenters. The number of nitrogens with zero attached hydrogens (tertiary/aromatic N) is 1. The lowest BCUT2D eigenvalue weighted by molar-refractivity contribution is -0.144. The van der Waals surface area contributed by atoms with Gasteiger partial charge >= 0.3 is 11.9 Å². The van der Waals surface area contributed by atoms with Crippen LogP contribution in [0, 0.1) is 0 Å². The highest BCUT2D eigenvalue weighted by atomic mass is 16.5. The number of rotatable bonds is 30. The van der Waals surface area contributed by atoms with Crippen LogP contribution in [0.25, 0.3) is 0 Å². The van der Waals surface area contributed by atoms with Crippen LogP contribution in [0.4, 0.5) is 0 Å². The highest BCUT2D eigenvalue weighted by molar-refractivity contribution is 5.77. The number of methoxy groups -OCH3 is 1. The summed E-state index contributed by atoms with van der Waals surface area (Å²) < 4.78 is 10.2. The number of carboxylic acids is 1. The average Bonchev–Trinajstić information content (AvgIpc) is 2.90. The van der Waals surface area contributed by atoms with Crippen molar-refractivity contribution in [2.75, 3.05) is 46.5 Å². The number of amides is 1. The number of nitrogens with one attached hydrogen (secondary N) is 1. The average molecular weight is 557 g/mol. The maximum Gasteiger partial charge on any atom is 0.305 e. The number of esters is 1. The van der Waals surface area contributed by atoms with E-state index < -0.39 is 5.97 Å². The normalized spacial score (nSPS) is 11.2. The molecule has 2 N–H and O–H groups in total. The molecule has 39 heavy (non-hydrogen) atoms. The number of ether oxygens (including phenoxy) is 2. The van der Waals surface area contributed by atoms with Gasteiger partial charge in [0.2, 0.25) is 5.91 Å². The minimum atomic E-state index is -0.711. The standard InChI is InChI=1S/C31H60N2O6/c1-3-4-5-6-7-14-19-27-39-31(37)22-16-11-9-13-18-25-33(26-20-23-32-29(34)28-38-2)24-17-12-8-10-15-21-30(35)36/h3-28H2,1-2H3,(H,32,34)(H,35,36). The van der Waals surface area contributed by atoms with E-state index in [0.29, 0.717) is 19.6 Å². The van der Waals surface area contributed by atoms with Crippen molar-refractivity contribution in [3.05, 3.63) is 0 Å². The summed E-state index contributed by atoms with van der Waals surface area (Å²) >= 11 is 0. The number of hydrogen-bond donors (Lipinski definition) is 2. The second-order valence-electron chi connectivity index (χ2n) is 10.7. The maximum atomic E-state index is 11.9. The Balaban J connectivity index is 3.92. The van der Waals surface area contributed by atoms with Crippen molar-refractivity contribution >= 4 is 17.8 Å². The topological polar surface area (TPSA) is 105 Å². The van der Waals surface area contributed by atoms with E-state index in [-0.39, 0.29) is 24.9 Å². The summed E-state index contributed by atoms with van der Waals surface area (Å²) in [5.41, 5.74) is 0. The fourth-order valence-electron chi connectivity index (χ4n) is 4.64. The third kappa shape index (κ3) is 29.1. The molecule has 0 atom stereocenters. The predicted octanol–water partition coefficient (Wildman–Crippen LogP) is 6.50. The summed E-state index contributed by atoms with van der Waals surface area (Å²) in [6.07, 6.45) is 20.8. The number of aliphatic carboxylic acids is 1. The van der Waals surface area contributed by atoms with Gasteiger partial charge in [0, 0.05) is 26.5 Å². The van der Waals surface area contributed by atoms with Crippen LogP contribution in [0.15, 0.2) is 0 Å². The highest BCUT2D eigenvalue weighted by Crippen LogP contribution is 2.11. The van der Waals surface area contributed by atoms with E-state index >= 15 is 0 Å². The summed E-state index contributed by atoms with van der Waals surface area (Å²) in [4.78, 5) is 36.6. The molecule has 0 aliphatic rings. The first-order valence-electron chi connectivity index (χ1n) is 15.8. The second-order valence-corrected chi connectivity index (χ2v) is 10.7. The molecule has 0 aliphatic carbocycles. The molecule has 8 heteroatoms. The van der Waals surface area contributed by atoms with Crippen LogP contribution >= 0.6 is 0 Å². The van der Waals surface area contributed by atoms with Gasteiger partial charge in [-0.1, -0.05) is 84.0 Å². The maximum absolute atomic E-state index is 11.9. The quantitative estimate of drug-likeness (QED) is 0.0768. The molecule has 0 saturated heterocycles. The van der Waals surface area contributed by atoms with Crippen LogP contribution in [0.2, 0.25) is 0 Å². The number of carboxylic acid groups (broad SMARTS) is 1. The zero-order chi connectivity index (χ0) is 28.8. The van der Waals surface area contributed by atoms with Gasteiger partial charge in [-0.2, -0.15) is 0 Å². The monoisotopic (exact) mass is 556 g/mol. The lowest BCUT2D eigenvalue weighted by Gasteiger charge is -2.22. The van der Waals surface area contributed by atoms with E-state index in [0.717, 1.165) is 103 Å². The Bertz CT molecular complexity index is 587. The molecule has 0 fully saturated rings. The molecular weight excluding hydrogens is 496 g/mol. The third-order valence-electron chi connectivity index (χ3n) is 6.98. The Morgan fingerprint density at radius 3 is 1.77 bits per heavy atom. The first-order chi connectivity index (χ1) is 19.0. The van der Waals surface area contributed by atoms with E-state index in [9.17, 15) is 14.4 Å². The summed E-state index contributed by atoms with van der Waals surface area (Å²) in [7, 11) is 1.52. The highest BCUT2D eigenvalue weighted by Gasteiger charge is 2.07. The Kier molecular flexibility index (Phi) is 28.1. The van der Waals surface area contributed by atoms with E-state index in [1.54, 1.807) is 0 Å². The van der Waals surface area contributed by atoms with Crippen LogP contribution in [0.3, 0.4) is 0 Å². The Labute approximate surface area is 239 Å². The number of carbonyl (C=O) groups excluding carboxylic acids is 2. The predicted molar refractivity (Wildman–Crippen MR) is 158 cm³/mol. The molecule has 0 rings (SSSR count). The molecule has 0 saturated carbocycles. The Hall–Kier alpha value is -1.67. The Morgan fingerprint density at radius 1 is 0.667 bits per heavy atom. The molecule has 0 aromatic rings. The van der Waals surface area contributed by atoms with E-state index in [2.05, 4.69) is 17.1 Å². The molecule has 0 aromatic heterocycles. The van der Waals surface area contributed by atoms with Crippen molar-refractivity contribution in [2.45, 2.75) is 135 Å². The zero-order valence-electron chi connectivity index (χ0n) is 25.3. The molecule has 8 nitrogen and oxygen atoms in total. The van der Waals surface area contributed by atoms with Crippen LogP contribution in [-0.4, -0.2) is 74.4 Å². The van der Waals surface area contributed by atoms with E-state index in [1.165, 1.54) is 39.2 Å². The van der Waals surface area contributed by atoms with Crippen molar-refractivity contribution in [1.29, 1.82) is 0 Å². The van der Waals surface area contributed by atoms with Crippen LogP contribution < -0.4 is 5.32 Å². The fraction of sp³-hybridized carbons (Fsp3) is 0.903. The molecule has 0 bridgehead atoms. The molecule has 0 aromatic carbocycles. The Morgan fingerprint density at radius 2 is 1.18 bits per heavy atom. The van der Waals surface area contributed by atoms with Gasteiger partial charge in [0.25, 0.3) is 0 Å². The van der Waals surface area contributed by atoms with Crippen LogP contribution in [0.1, 0.15) is 135 Å². The smallest absolute Gasteiger partial charge is 0.305 e. The number of carbonyl (C=O) groups is 3. The molecular formula is C31H60N2O6. The fourth-order valence-corrected chi connectivity index (χ4v) is 4.64. The molecule has 0 aliphatic heterocycles. The first-order valence-corrected chi connectivity index (χ1v) is 15.8. The molecule has 1 amide bonds. The zero-order valence-corrected chi connectivity index (χ0v) is 25.3. The van der Waals surface area contributed by atoms with Crippen molar-refractivity contribution in [3.8, 4) is 0 Å². The van der Waals surface area contributed by atoms with Gasteiger partial charge in [0.05, 0.1) is 6.61 Å². The van der Waals surface area contributed by atoms with Crippen molar-refractivity contribution in [1.82, 2.24) is 10.2 Å². The molecule has 230 valence electrons. The van der Waals surface area contributed by atoms with Crippen LogP contribution in [-0.2, 0) is 23.9 Å². The third-order valence-corrected chi connectivity index (χ3v) is 6.98. The van der Waals surface area contributed by atoms with Crippen molar-refractivity contribution in [3.63, 3.8) is 0 Å². The SMILES string of the molecule is CCCCCCCCCOC(=O)CCCCCCCN(CCCCCCCC(=O)O)CCCNC(=O)COC. The van der Waals surface area contributed by atoms with Gasteiger partial charge < -0.3 is 24.8 Å². The van der Waals surface area contributed by atoms with Gasteiger partial charge in [-0.25, -0.2) is 0 Å². The van der Waals surface area contributed by atoms with Gasteiger partial charge in [-0.3, -0.25) is 14.4 Å². The van der Waals surface area contributed by atoms with Gasteiger partial charge in [0.15, 0.2) is 0 Å². The summed E-state index contributed by atoms with van der Waals surface area (Å²) in [5.74, 6) is -0.836. The molecule has 0 spiro atoms. The first kappa shape index (κ1) is 37.3. The van der Waals surface area contributed by atoms with Gasteiger partial charge in [0.1, 0.15) is 6.61 Å². The second kappa shape index (κ2) is 29.3. The summed E-state index contributed by atoms with van der Waals surface area (Å²) in [6, 6.07) is 0. The van der Waals surface area contributed by atoms with E-state index in [4.69, 9.17) is 14.6 Å². The minimum absolute atomic E-state index is 0.0484. The van der Waals surface area contributed by atoms with Gasteiger partial charge in [-0.15, -0.1) is 0 Å².